The van der Waals surface area contributed by atoms with E-state index in [1.807, 2.05) is 30.3 Å². The van der Waals surface area contributed by atoms with Gasteiger partial charge >= 0.3 is 0 Å². The van der Waals surface area contributed by atoms with Crippen LogP contribution < -0.4 is 10.9 Å². The molecule has 0 aromatic heterocycles. The summed E-state index contributed by atoms with van der Waals surface area (Å²) in [6.07, 6.45) is 0.484. The predicted octanol–water partition coefficient (Wildman–Crippen LogP) is 1.51. The molecular formula is C13H14N2O2S. The van der Waals surface area contributed by atoms with E-state index in [9.17, 15) is 8.42 Å². The van der Waals surface area contributed by atoms with E-state index in [0.717, 1.165) is 5.56 Å². The third kappa shape index (κ3) is 2.88. The fourth-order valence-corrected chi connectivity index (χ4v) is 2.59. The molecule has 94 valence electrons. The van der Waals surface area contributed by atoms with Gasteiger partial charge in [-0.15, -0.1) is 0 Å². The van der Waals surface area contributed by atoms with E-state index in [0.29, 0.717) is 17.7 Å². The second-order valence-electron chi connectivity index (χ2n) is 4.07. The molecule has 0 fully saturated rings. The molecule has 2 aromatic rings. The van der Waals surface area contributed by atoms with Gasteiger partial charge in [-0.05, 0) is 35.7 Å². The first-order chi connectivity index (χ1) is 8.47. The number of rotatable bonds is 3. The van der Waals surface area contributed by atoms with E-state index in [1.54, 1.807) is 6.07 Å². The van der Waals surface area contributed by atoms with Gasteiger partial charge in [-0.2, -0.15) is 0 Å². The van der Waals surface area contributed by atoms with Crippen molar-refractivity contribution in [1.29, 1.82) is 0 Å². The average molecular weight is 262 g/mol. The summed E-state index contributed by atoms with van der Waals surface area (Å²) < 4.78 is 23.0. The van der Waals surface area contributed by atoms with Gasteiger partial charge in [0.25, 0.3) is 0 Å². The summed E-state index contributed by atoms with van der Waals surface area (Å²) in [7, 11) is -3.73. The first kappa shape index (κ1) is 12.6. The van der Waals surface area contributed by atoms with E-state index in [2.05, 4.69) is 0 Å². The van der Waals surface area contributed by atoms with Crippen LogP contribution in [-0.2, 0) is 16.4 Å². The lowest BCUT2D eigenvalue weighted by atomic mass is 10.0. The molecule has 4 nitrogen and oxygen atoms in total. The lowest BCUT2D eigenvalue weighted by molar-refractivity contribution is 0.597. The highest BCUT2D eigenvalue weighted by atomic mass is 32.2. The van der Waals surface area contributed by atoms with Crippen LogP contribution in [0.4, 0.5) is 5.69 Å². The van der Waals surface area contributed by atoms with Crippen molar-refractivity contribution < 1.29 is 8.42 Å². The molecule has 18 heavy (non-hydrogen) atoms. The van der Waals surface area contributed by atoms with Crippen molar-refractivity contribution in [2.45, 2.75) is 11.3 Å². The summed E-state index contributed by atoms with van der Waals surface area (Å²) in [5.74, 6) is 0. The van der Waals surface area contributed by atoms with Crippen molar-refractivity contribution in [1.82, 2.24) is 0 Å². The zero-order valence-corrected chi connectivity index (χ0v) is 10.5. The Kier molecular flexibility index (Phi) is 3.36. The summed E-state index contributed by atoms with van der Waals surface area (Å²) in [5.41, 5.74) is 7.83. The fraction of sp³-hybridized carbons (Fsp3) is 0.0769. The monoisotopic (exact) mass is 262 g/mol. The molecule has 0 atom stereocenters. The molecule has 0 aliphatic rings. The van der Waals surface area contributed by atoms with Crippen LogP contribution >= 0.6 is 0 Å². The Morgan fingerprint density at radius 2 is 1.67 bits per heavy atom. The van der Waals surface area contributed by atoms with E-state index in [1.165, 1.54) is 12.1 Å². The van der Waals surface area contributed by atoms with Gasteiger partial charge in [0.1, 0.15) is 0 Å². The molecule has 4 N–H and O–H groups in total. The second-order valence-corrected chi connectivity index (χ2v) is 5.60. The van der Waals surface area contributed by atoms with Gasteiger partial charge in [0.15, 0.2) is 0 Å². The maximum Gasteiger partial charge on any atom is 0.238 e. The number of hydrogen-bond acceptors (Lipinski definition) is 3. The SMILES string of the molecule is Nc1ccc(S(N)(=O)=O)c(Cc2ccccc2)c1. The van der Waals surface area contributed by atoms with E-state index in [-0.39, 0.29) is 4.90 Å². The summed E-state index contributed by atoms with van der Waals surface area (Å²) in [6, 6.07) is 14.2. The number of primary sulfonamides is 1. The van der Waals surface area contributed by atoms with E-state index >= 15 is 0 Å². The molecule has 0 amide bonds. The third-order valence-corrected chi connectivity index (χ3v) is 3.64. The number of benzene rings is 2. The summed E-state index contributed by atoms with van der Waals surface area (Å²) in [5, 5.41) is 5.19. The van der Waals surface area contributed by atoms with Crippen molar-refractivity contribution >= 4 is 15.7 Å². The molecule has 0 aliphatic heterocycles. The van der Waals surface area contributed by atoms with Crippen molar-refractivity contribution in [3.63, 3.8) is 0 Å². The number of hydrogen-bond donors (Lipinski definition) is 2. The van der Waals surface area contributed by atoms with Crippen LogP contribution in [0.1, 0.15) is 11.1 Å². The normalized spacial score (nSPS) is 11.4. The van der Waals surface area contributed by atoms with Crippen LogP contribution in [0.5, 0.6) is 0 Å². The minimum Gasteiger partial charge on any atom is -0.399 e. The van der Waals surface area contributed by atoms with Crippen molar-refractivity contribution in [3.05, 3.63) is 59.7 Å². The Bertz CT molecular complexity index is 652. The fourth-order valence-electron chi connectivity index (χ4n) is 1.83. The molecule has 0 bridgehead atoms. The highest BCUT2D eigenvalue weighted by Crippen LogP contribution is 2.20. The van der Waals surface area contributed by atoms with Crippen LogP contribution in [-0.4, -0.2) is 8.42 Å². The quantitative estimate of drug-likeness (QED) is 0.822. The van der Waals surface area contributed by atoms with Crippen molar-refractivity contribution in [2.24, 2.45) is 5.14 Å². The van der Waals surface area contributed by atoms with Gasteiger partial charge in [-0.25, -0.2) is 13.6 Å². The standard InChI is InChI=1S/C13H14N2O2S/c14-12-6-7-13(18(15,16)17)11(9-12)8-10-4-2-1-3-5-10/h1-7,9H,8,14H2,(H2,15,16,17). The van der Waals surface area contributed by atoms with Crippen molar-refractivity contribution in [2.75, 3.05) is 5.73 Å². The molecular weight excluding hydrogens is 248 g/mol. The van der Waals surface area contributed by atoms with Gasteiger partial charge in [-0.1, -0.05) is 30.3 Å². The lowest BCUT2D eigenvalue weighted by Gasteiger charge is -2.09. The maximum absolute atomic E-state index is 11.5. The molecule has 0 radical (unpaired) electrons. The first-order valence-electron chi connectivity index (χ1n) is 5.42. The molecule has 5 heteroatoms. The molecule has 0 saturated heterocycles. The predicted molar refractivity (Wildman–Crippen MR) is 71.5 cm³/mol. The summed E-state index contributed by atoms with van der Waals surface area (Å²) >= 11 is 0. The Morgan fingerprint density at radius 3 is 2.28 bits per heavy atom. The van der Waals surface area contributed by atoms with E-state index in [4.69, 9.17) is 10.9 Å². The van der Waals surface area contributed by atoms with Gasteiger partial charge in [0.05, 0.1) is 4.90 Å². The topological polar surface area (TPSA) is 86.2 Å². The van der Waals surface area contributed by atoms with Crippen LogP contribution in [0.2, 0.25) is 0 Å². The Morgan fingerprint density at radius 1 is 1.00 bits per heavy atom. The van der Waals surface area contributed by atoms with Gasteiger partial charge < -0.3 is 5.73 Å². The van der Waals surface area contributed by atoms with Crippen LogP contribution in [0.3, 0.4) is 0 Å². The summed E-state index contributed by atoms with van der Waals surface area (Å²) in [6.45, 7) is 0. The highest BCUT2D eigenvalue weighted by Gasteiger charge is 2.14. The third-order valence-electron chi connectivity index (χ3n) is 2.63. The molecule has 0 heterocycles. The zero-order chi connectivity index (χ0) is 13.2. The van der Waals surface area contributed by atoms with Crippen molar-refractivity contribution in [3.8, 4) is 0 Å². The highest BCUT2D eigenvalue weighted by molar-refractivity contribution is 7.89. The largest absolute Gasteiger partial charge is 0.399 e. The van der Waals surface area contributed by atoms with Crippen LogP contribution in [0, 0.1) is 0 Å². The van der Waals surface area contributed by atoms with Crippen LogP contribution in [0.15, 0.2) is 53.4 Å². The number of sulfonamides is 1. The van der Waals surface area contributed by atoms with E-state index < -0.39 is 10.0 Å². The zero-order valence-electron chi connectivity index (χ0n) is 9.71. The molecule has 0 spiro atoms. The van der Waals surface area contributed by atoms with Crippen LogP contribution in [0.25, 0.3) is 0 Å². The molecule has 2 rings (SSSR count). The molecule has 0 unspecified atom stereocenters. The second kappa shape index (κ2) is 4.80. The average Bonchev–Trinajstić information content (AvgIpc) is 2.28. The minimum absolute atomic E-state index is 0.126. The first-order valence-corrected chi connectivity index (χ1v) is 6.96. The maximum atomic E-state index is 11.5. The smallest absolute Gasteiger partial charge is 0.238 e. The Balaban J connectivity index is 2.47. The van der Waals surface area contributed by atoms with Gasteiger partial charge in [-0.3, -0.25) is 0 Å². The van der Waals surface area contributed by atoms with Gasteiger partial charge in [0, 0.05) is 5.69 Å². The van der Waals surface area contributed by atoms with Gasteiger partial charge in [0.2, 0.25) is 10.0 Å². The molecule has 2 aromatic carbocycles. The Hall–Kier alpha value is -1.85. The summed E-state index contributed by atoms with van der Waals surface area (Å²) in [4.78, 5) is 0.126. The molecule has 0 saturated carbocycles. The minimum atomic E-state index is -3.73. The number of nitrogens with two attached hydrogens (primary N) is 2. The lowest BCUT2D eigenvalue weighted by Crippen LogP contribution is -2.15. The molecule has 0 aliphatic carbocycles. The number of nitrogen functional groups attached to an aromatic ring is 1. The Labute approximate surface area is 106 Å². The number of anilines is 1.